The lowest BCUT2D eigenvalue weighted by atomic mass is 10.1. The van der Waals surface area contributed by atoms with Crippen molar-refractivity contribution >= 4 is 17.4 Å². The molecule has 3 N–H and O–H groups in total. The van der Waals surface area contributed by atoms with Gasteiger partial charge in [0.25, 0.3) is 5.91 Å². The summed E-state index contributed by atoms with van der Waals surface area (Å²) in [6, 6.07) is 8.11. The highest BCUT2D eigenvalue weighted by Crippen LogP contribution is 2.19. The van der Waals surface area contributed by atoms with Gasteiger partial charge in [-0.3, -0.25) is 4.79 Å². The minimum Gasteiger partial charge on any atom is -0.347 e. The van der Waals surface area contributed by atoms with Gasteiger partial charge in [-0.05, 0) is 41.5 Å². The standard InChI is InChI=1S/C15H20N4OS/c1-10(2)13-14(21-19-18-13)15(20)17-9-12-5-3-11(4-6-12)7-8-16/h3-6,10H,7-9,16H2,1-2H3,(H,17,20). The molecular weight excluding hydrogens is 284 g/mol. The summed E-state index contributed by atoms with van der Waals surface area (Å²) in [7, 11) is 0. The average molecular weight is 304 g/mol. The van der Waals surface area contributed by atoms with Crippen LogP contribution in [0.2, 0.25) is 0 Å². The Hall–Kier alpha value is -1.79. The summed E-state index contributed by atoms with van der Waals surface area (Å²) in [5.41, 5.74) is 8.55. The molecule has 112 valence electrons. The van der Waals surface area contributed by atoms with Crippen LogP contribution in [0.3, 0.4) is 0 Å². The summed E-state index contributed by atoms with van der Waals surface area (Å²) in [5, 5.41) is 6.93. The Morgan fingerprint density at radius 2 is 1.95 bits per heavy atom. The molecule has 1 heterocycles. The second-order valence-electron chi connectivity index (χ2n) is 5.18. The topological polar surface area (TPSA) is 80.9 Å². The Morgan fingerprint density at radius 1 is 1.29 bits per heavy atom. The van der Waals surface area contributed by atoms with E-state index >= 15 is 0 Å². The zero-order valence-electron chi connectivity index (χ0n) is 12.3. The quantitative estimate of drug-likeness (QED) is 0.856. The van der Waals surface area contributed by atoms with E-state index in [1.165, 1.54) is 5.56 Å². The van der Waals surface area contributed by atoms with Gasteiger partial charge in [0.2, 0.25) is 0 Å². The minimum atomic E-state index is -0.111. The normalized spacial score (nSPS) is 10.9. The smallest absolute Gasteiger partial charge is 0.265 e. The molecular formula is C15H20N4OS. The maximum Gasteiger partial charge on any atom is 0.265 e. The van der Waals surface area contributed by atoms with Gasteiger partial charge in [-0.2, -0.15) is 0 Å². The third kappa shape index (κ3) is 4.09. The van der Waals surface area contributed by atoms with Crippen molar-refractivity contribution in [2.45, 2.75) is 32.7 Å². The number of amides is 1. The molecule has 5 nitrogen and oxygen atoms in total. The summed E-state index contributed by atoms with van der Waals surface area (Å²) in [6.45, 7) is 5.15. The van der Waals surface area contributed by atoms with Gasteiger partial charge < -0.3 is 11.1 Å². The van der Waals surface area contributed by atoms with Crippen LogP contribution in [0.5, 0.6) is 0 Å². The van der Waals surface area contributed by atoms with Gasteiger partial charge in [0.1, 0.15) is 4.88 Å². The van der Waals surface area contributed by atoms with Crippen molar-refractivity contribution in [3.63, 3.8) is 0 Å². The molecule has 0 aliphatic heterocycles. The van der Waals surface area contributed by atoms with Gasteiger partial charge in [0, 0.05) is 6.54 Å². The van der Waals surface area contributed by atoms with Crippen molar-refractivity contribution in [1.82, 2.24) is 14.9 Å². The highest BCUT2D eigenvalue weighted by Gasteiger charge is 2.18. The fraction of sp³-hybridized carbons (Fsp3) is 0.400. The van der Waals surface area contributed by atoms with E-state index in [-0.39, 0.29) is 11.8 Å². The second kappa shape index (κ2) is 7.28. The molecule has 2 aromatic rings. The molecule has 0 fully saturated rings. The molecule has 0 aliphatic carbocycles. The van der Waals surface area contributed by atoms with Gasteiger partial charge >= 0.3 is 0 Å². The first-order valence-corrected chi connectivity index (χ1v) is 7.77. The van der Waals surface area contributed by atoms with Crippen LogP contribution in [0.15, 0.2) is 24.3 Å². The van der Waals surface area contributed by atoms with Crippen LogP contribution in [0.4, 0.5) is 0 Å². The number of benzene rings is 1. The number of nitrogens with one attached hydrogen (secondary N) is 1. The third-order valence-corrected chi connectivity index (χ3v) is 3.92. The molecule has 1 aromatic heterocycles. The average Bonchev–Trinajstić information content (AvgIpc) is 2.96. The van der Waals surface area contributed by atoms with Crippen LogP contribution in [0.25, 0.3) is 0 Å². The van der Waals surface area contributed by atoms with Crippen LogP contribution < -0.4 is 11.1 Å². The van der Waals surface area contributed by atoms with Gasteiger partial charge in [0.05, 0.1) is 5.69 Å². The molecule has 0 radical (unpaired) electrons. The molecule has 1 aromatic carbocycles. The first kappa shape index (κ1) is 15.6. The zero-order valence-corrected chi connectivity index (χ0v) is 13.1. The van der Waals surface area contributed by atoms with Crippen molar-refractivity contribution in [1.29, 1.82) is 0 Å². The number of carbonyl (C=O) groups is 1. The first-order chi connectivity index (χ1) is 10.1. The van der Waals surface area contributed by atoms with Gasteiger partial charge in [0.15, 0.2) is 0 Å². The summed E-state index contributed by atoms with van der Waals surface area (Å²) in [5.74, 6) is 0.0831. The second-order valence-corrected chi connectivity index (χ2v) is 5.93. The lowest BCUT2D eigenvalue weighted by molar-refractivity contribution is 0.0953. The van der Waals surface area contributed by atoms with E-state index in [1.807, 2.05) is 38.1 Å². The van der Waals surface area contributed by atoms with E-state index in [9.17, 15) is 4.79 Å². The molecule has 0 bridgehead atoms. The first-order valence-electron chi connectivity index (χ1n) is 7.00. The lowest BCUT2D eigenvalue weighted by Gasteiger charge is -2.07. The van der Waals surface area contributed by atoms with Crippen molar-refractivity contribution in [3.05, 3.63) is 46.0 Å². The Kier molecular flexibility index (Phi) is 5.41. The number of hydrogen-bond acceptors (Lipinski definition) is 5. The highest BCUT2D eigenvalue weighted by molar-refractivity contribution is 7.08. The molecule has 0 saturated carbocycles. The number of rotatable bonds is 6. The molecule has 0 atom stereocenters. The van der Waals surface area contributed by atoms with Crippen LogP contribution in [-0.4, -0.2) is 22.0 Å². The van der Waals surface area contributed by atoms with Crippen LogP contribution >= 0.6 is 11.5 Å². The van der Waals surface area contributed by atoms with Crippen molar-refractivity contribution in [2.75, 3.05) is 6.54 Å². The number of aromatic nitrogens is 2. The SMILES string of the molecule is CC(C)c1nnsc1C(=O)NCc1ccc(CCN)cc1. The van der Waals surface area contributed by atoms with Crippen LogP contribution in [-0.2, 0) is 13.0 Å². The molecule has 0 unspecified atom stereocenters. The summed E-state index contributed by atoms with van der Waals surface area (Å²) in [6.07, 6.45) is 0.872. The Balaban J connectivity index is 1.96. The lowest BCUT2D eigenvalue weighted by Crippen LogP contribution is -2.23. The molecule has 1 amide bonds. The molecule has 0 aliphatic rings. The number of nitrogens with zero attached hydrogens (tertiary/aromatic N) is 2. The van der Waals surface area contributed by atoms with Crippen LogP contribution in [0, 0.1) is 0 Å². The van der Waals surface area contributed by atoms with Gasteiger partial charge in [-0.1, -0.05) is 42.6 Å². The minimum absolute atomic E-state index is 0.111. The van der Waals surface area contributed by atoms with E-state index in [1.54, 1.807) is 0 Å². The fourth-order valence-electron chi connectivity index (χ4n) is 1.99. The van der Waals surface area contributed by atoms with E-state index < -0.39 is 0 Å². The maximum absolute atomic E-state index is 12.2. The molecule has 6 heteroatoms. The highest BCUT2D eigenvalue weighted by atomic mass is 32.1. The van der Waals surface area contributed by atoms with E-state index in [0.29, 0.717) is 18.0 Å². The summed E-state index contributed by atoms with van der Waals surface area (Å²) in [4.78, 5) is 12.8. The van der Waals surface area contributed by atoms with Gasteiger partial charge in [-0.25, -0.2) is 0 Å². The summed E-state index contributed by atoms with van der Waals surface area (Å²) >= 11 is 1.14. The predicted octanol–water partition coefficient (Wildman–Crippen LogP) is 2.09. The number of nitrogens with two attached hydrogens (primary N) is 1. The van der Waals surface area contributed by atoms with Crippen molar-refractivity contribution in [3.8, 4) is 0 Å². The van der Waals surface area contributed by atoms with E-state index in [2.05, 4.69) is 14.9 Å². The molecule has 0 spiro atoms. The fourth-order valence-corrected chi connectivity index (χ4v) is 2.72. The number of carbonyl (C=O) groups excluding carboxylic acids is 1. The van der Waals surface area contributed by atoms with E-state index in [0.717, 1.165) is 29.2 Å². The Labute approximate surface area is 128 Å². The largest absolute Gasteiger partial charge is 0.347 e. The Morgan fingerprint density at radius 3 is 2.57 bits per heavy atom. The molecule has 2 rings (SSSR count). The van der Waals surface area contributed by atoms with E-state index in [4.69, 9.17) is 5.73 Å². The van der Waals surface area contributed by atoms with Gasteiger partial charge in [-0.15, -0.1) is 5.10 Å². The third-order valence-electron chi connectivity index (χ3n) is 3.18. The van der Waals surface area contributed by atoms with Crippen LogP contribution in [0.1, 0.15) is 46.3 Å². The number of hydrogen-bond donors (Lipinski definition) is 2. The summed E-state index contributed by atoms with van der Waals surface area (Å²) < 4.78 is 3.87. The molecule has 0 saturated heterocycles. The van der Waals surface area contributed by atoms with Crippen molar-refractivity contribution < 1.29 is 4.79 Å². The Bertz CT molecular complexity index is 592. The predicted molar refractivity (Wildman–Crippen MR) is 84.4 cm³/mol. The maximum atomic E-state index is 12.2. The molecule has 21 heavy (non-hydrogen) atoms. The van der Waals surface area contributed by atoms with Crippen molar-refractivity contribution in [2.24, 2.45) is 5.73 Å². The zero-order chi connectivity index (χ0) is 15.2. The monoisotopic (exact) mass is 304 g/mol.